The third kappa shape index (κ3) is 3.28. The van der Waals surface area contributed by atoms with Gasteiger partial charge in [-0.15, -0.1) is 0 Å². The van der Waals surface area contributed by atoms with Crippen LogP contribution in [-0.2, 0) is 0 Å². The molecule has 0 amide bonds. The van der Waals surface area contributed by atoms with Crippen LogP contribution in [0.2, 0.25) is 0 Å². The van der Waals surface area contributed by atoms with Gasteiger partial charge in [-0.3, -0.25) is 4.90 Å². The van der Waals surface area contributed by atoms with Crippen LogP contribution in [0.5, 0.6) is 0 Å². The number of hydrogen-bond donors (Lipinski definition) is 0. The highest BCUT2D eigenvalue weighted by Crippen LogP contribution is 2.10. The van der Waals surface area contributed by atoms with Crippen molar-refractivity contribution in [3.05, 3.63) is 0 Å². The molecule has 1 atom stereocenters. The van der Waals surface area contributed by atoms with Gasteiger partial charge in [-0.05, 0) is 13.5 Å². The Morgan fingerprint density at radius 3 is 2.43 bits per heavy atom. The van der Waals surface area contributed by atoms with Crippen LogP contribution >= 0.6 is 0 Å². The molecule has 0 bridgehead atoms. The second-order valence-electron chi connectivity index (χ2n) is 4.13. The largest absolute Gasteiger partial charge is 0.304 e. The Morgan fingerprint density at radius 1 is 1.29 bits per heavy atom. The third-order valence-corrected chi connectivity index (χ3v) is 2.96. The summed E-state index contributed by atoms with van der Waals surface area (Å²) in [4.78, 5) is 4.65. The van der Waals surface area contributed by atoms with Crippen molar-refractivity contribution in [3.8, 4) is 6.07 Å². The lowest BCUT2D eigenvalue weighted by molar-refractivity contribution is 0.128. The molecule has 0 saturated carbocycles. The molecule has 3 nitrogen and oxygen atoms in total. The van der Waals surface area contributed by atoms with Crippen LogP contribution in [0.1, 0.15) is 26.2 Å². The number of nitrogens with zero attached hydrogens (tertiary/aromatic N) is 3. The molecule has 1 heterocycles. The van der Waals surface area contributed by atoms with Gasteiger partial charge in [0.05, 0.1) is 12.1 Å². The van der Waals surface area contributed by atoms with Crippen molar-refractivity contribution in [2.24, 2.45) is 0 Å². The van der Waals surface area contributed by atoms with E-state index in [1.807, 2.05) is 0 Å². The van der Waals surface area contributed by atoms with E-state index in [4.69, 9.17) is 5.26 Å². The van der Waals surface area contributed by atoms with Crippen LogP contribution in [-0.4, -0.2) is 49.1 Å². The summed E-state index contributed by atoms with van der Waals surface area (Å²) in [7, 11) is 2.14. The second-order valence-corrected chi connectivity index (χ2v) is 4.13. The Bertz CT molecular complexity index is 189. The minimum absolute atomic E-state index is 0.156. The number of unbranched alkanes of at least 4 members (excludes halogenated alkanes) is 1. The molecule has 14 heavy (non-hydrogen) atoms. The molecule has 1 fully saturated rings. The Balaban J connectivity index is 2.34. The lowest BCUT2D eigenvalue weighted by Gasteiger charge is -2.35. The van der Waals surface area contributed by atoms with Gasteiger partial charge in [-0.1, -0.05) is 19.8 Å². The maximum Gasteiger partial charge on any atom is 0.0978 e. The first-order valence-corrected chi connectivity index (χ1v) is 5.60. The molecule has 1 rings (SSSR count). The molecule has 1 aliphatic heterocycles. The first-order chi connectivity index (χ1) is 6.77. The van der Waals surface area contributed by atoms with Crippen LogP contribution in [0, 0.1) is 11.3 Å². The third-order valence-electron chi connectivity index (χ3n) is 2.96. The highest BCUT2D eigenvalue weighted by Gasteiger charge is 2.21. The highest BCUT2D eigenvalue weighted by molar-refractivity contribution is 4.93. The van der Waals surface area contributed by atoms with Gasteiger partial charge in [0.2, 0.25) is 0 Å². The van der Waals surface area contributed by atoms with Gasteiger partial charge in [-0.2, -0.15) is 5.26 Å². The molecule has 1 aliphatic rings. The smallest absolute Gasteiger partial charge is 0.0978 e. The molecule has 80 valence electrons. The first kappa shape index (κ1) is 11.5. The van der Waals surface area contributed by atoms with Gasteiger partial charge in [-0.25, -0.2) is 0 Å². The zero-order valence-corrected chi connectivity index (χ0v) is 9.37. The molecule has 0 spiro atoms. The number of nitriles is 1. The zero-order chi connectivity index (χ0) is 10.4. The number of hydrogen-bond acceptors (Lipinski definition) is 3. The molecule has 0 aromatic rings. The quantitative estimate of drug-likeness (QED) is 0.677. The molecule has 0 aliphatic carbocycles. The summed E-state index contributed by atoms with van der Waals surface area (Å²) < 4.78 is 0. The summed E-state index contributed by atoms with van der Waals surface area (Å²) in [6.45, 7) is 6.49. The van der Waals surface area contributed by atoms with Crippen molar-refractivity contribution < 1.29 is 0 Å². The lowest BCUT2D eigenvalue weighted by atomic mass is 10.1. The maximum atomic E-state index is 9.07. The van der Waals surface area contributed by atoms with E-state index in [-0.39, 0.29) is 6.04 Å². The van der Waals surface area contributed by atoms with Gasteiger partial charge < -0.3 is 4.90 Å². The summed E-state index contributed by atoms with van der Waals surface area (Å²) in [6.07, 6.45) is 3.40. The monoisotopic (exact) mass is 195 g/mol. The average molecular weight is 195 g/mol. The van der Waals surface area contributed by atoms with Gasteiger partial charge >= 0.3 is 0 Å². The van der Waals surface area contributed by atoms with Crippen molar-refractivity contribution in [1.29, 1.82) is 5.26 Å². The summed E-state index contributed by atoms with van der Waals surface area (Å²) >= 11 is 0. The van der Waals surface area contributed by atoms with Crippen LogP contribution in [0.3, 0.4) is 0 Å². The van der Waals surface area contributed by atoms with E-state index in [1.54, 1.807) is 0 Å². The summed E-state index contributed by atoms with van der Waals surface area (Å²) in [5.74, 6) is 0. The van der Waals surface area contributed by atoms with E-state index in [9.17, 15) is 0 Å². The molecular weight excluding hydrogens is 174 g/mol. The zero-order valence-electron chi connectivity index (χ0n) is 9.37. The summed E-state index contributed by atoms with van der Waals surface area (Å²) in [5.41, 5.74) is 0. The SMILES string of the molecule is CCCCC(C#N)N1CCN(C)CC1. The van der Waals surface area contributed by atoms with Crippen LogP contribution < -0.4 is 0 Å². The minimum Gasteiger partial charge on any atom is -0.304 e. The topological polar surface area (TPSA) is 30.3 Å². The van der Waals surface area contributed by atoms with Crippen molar-refractivity contribution in [1.82, 2.24) is 9.80 Å². The summed E-state index contributed by atoms with van der Waals surface area (Å²) in [5, 5.41) is 9.07. The fourth-order valence-corrected chi connectivity index (χ4v) is 1.86. The van der Waals surface area contributed by atoms with E-state index < -0.39 is 0 Å². The molecule has 3 heteroatoms. The normalized spacial score (nSPS) is 21.8. The number of piperazine rings is 1. The fourth-order valence-electron chi connectivity index (χ4n) is 1.86. The second kappa shape index (κ2) is 6.00. The fraction of sp³-hybridized carbons (Fsp3) is 0.909. The number of likely N-dealkylation sites (N-methyl/N-ethyl adjacent to an activating group) is 1. The maximum absolute atomic E-state index is 9.07. The Hall–Kier alpha value is -0.590. The first-order valence-electron chi connectivity index (χ1n) is 5.60. The molecule has 1 unspecified atom stereocenters. The molecule has 0 N–H and O–H groups in total. The Labute approximate surface area is 87.3 Å². The van der Waals surface area contributed by atoms with E-state index in [2.05, 4.69) is 29.8 Å². The van der Waals surface area contributed by atoms with E-state index >= 15 is 0 Å². The molecule has 1 saturated heterocycles. The molecule has 0 radical (unpaired) electrons. The van der Waals surface area contributed by atoms with E-state index in [1.165, 1.54) is 12.8 Å². The van der Waals surface area contributed by atoms with Crippen molar-refractivity contribution >= 4 is 0 Å². The standard InChI is InChI=1S/C11H21N3/c1-3-4-5-11(10-12)14-8-6-13(2)7-9-14/h11H,3-9H2,1-2H3. The molecule has 0 aromatic carbocycles. The van der Waals surface area contributed by atoms with Crippen molar-refractivity contribution in [2.45, 2.75) is 32.2 Å². The van der Waals surface area contributed by atoms with E-state index in [0.717, 1.165) is 32.6 Å². The van der Waals surface area contributed by atoms with Crippen molar-refractivity contribution in [3.63, 3.8) is 0 Å². The van der Waals surface area contributed by atoms with Gasteiger partial charge in [0, 0.05) is 26.2 Å². The lowest BCUT2D eigenvalue weighted by Crippen LogP contribution is -2.48. The Kier molecular flexibility index (Phi) is 4.92. The molecule has 0 aromatic heterocycles. The molecular formula is C11H21N3. The highest BCUT2D eigenvalue weighted by atomic mass is 15.3. The van der Waals surface area contributed by atoms with Crippen LogP contribution in [0.25, 0.3) is 0 Å². The van der Waals surface area contributed by atoms with Gasteiger partial charge in [0.1, 0.15) is 0 Å². The van der Waals surface area contributed by atoms with E-state index in [0.29, 0.717) is 0 Å². The Morgan fingerprint density at radius 2 is 1.93 bits per heavy atom. The van der Waals surface area contributed by atoms with Gasteiger partial charge in [0.25, 0.3) is 0 Å². The van der Waals surface area contributed by atoms with Crippen LogP contribution in [0.15, 0.2) is 0 Å². The van der Waals surface area contributed by atoms with Crippen LogP contribution in [0.4, 0.5) is 0 Å². The number of rotatable bonds is 4. The van der Waals surface area contributed by atoms with Crippen molar-refractivity contribution in [2.75, 3.05) is 33.2 Å². The average Bonchev–Trinajstić information content (AvgIpc) is 2.21. The predicted molar refractivity (Wildman–Crippen MR) is 58.0 cm³/mol. The predicted octanol–water partition coefficient (Wildman–Crippen LogP) is 1.32. The summed E-state index contributed by atoms with van der Waals surface area (Å²) in [6, 6.07) is 2.58. The minimum atomic E-state index is 0.156. The van der Waals surface area contributed by atoms with Gasteiger partial charge in [0.15, 0.2) is 0 Å².